The van der Waals surface area contributed by atoms with Crippen LogP contribution in [0.1, 0.15) is 65.2 Å². The maximum absolute atomic E-state index is 10.3. The SMILES string of the molecule is CCCCCCC[C@]1(O)CC=C[C@H](C)C1. The van der Waals surface area contributed by atoms with E-state index < -0.39 is 0 Å². The molecular weight excluding hydrogens is 184 g/mol. The molecule has 0 aliphatic heterocycles. The highest BCUT2D eigenvalue weighted by Gasteiger charge is 2.28. The Kier molecular flexibility index (Phi) is 5.38. The highest BCUT2D eigenvalue weighted by Crippen LogP contribution is 2.31. The third-order valence-electron chi connectivity index (χ3n) is 3.41. The second kappa shape index (κ2) is 6.32. The van der Waals surface area contributed by atoms with Crippen molar-refractivity contribution in [3.63, 3.8) is 0 Å². The van der Waals surface area contributed by atoms with E-state index in [2.05, 4.69) is 26.0 Å². The summed E-state index contributed by atoms with van der Waals surface area (Å²) in [6, 6.07) is 0. The van der Waals surface area contributed by atoms with Crippen molar-refractivity contribution in [1.82, 2.24) is 0 Å². The van der Waals surface area contributed by atoms with Crippen LogP contribution >= 0.6 is 0 Å². The van der Waals surface area contributed by atoms with Gasteiger partial charge < -0.3 is 5.11 Å². The lowest BCUT2D eigenvalue weighted by molar-refractivity contribution is 0.00973. The van der Waals surface area contributed by atoms with Crippen molar-refractivity contribution >= 4 is 0 Å². The van der Waals surface area contributed by atoms with E-state index in [1.807, 2.05) is 0 Å². The third-order valence-corrected chi connectivity index (χ3v) is 3.41. The molecule has 1 heteroatoms. The monoisotopic (exact) mass is 210 g/mol. The van der Waals surface area contributed by atoms with Gasteiger partial charge in [-0.1, -0.05) is 58.1 Å². The summed E-state index contributed by atoms with van der Waals surface area (Å²) in [6.07, 6.45) is 13.6. The van der Waals surface area contributed by atoms with Crippen LogP contribution in [0.15, 0.2) is 12.2 Å². The summed E-state index contributed by atoms with van der Waals surface area (Å²) >= 11 is 0. The van der Waals surface area contributed by atoms with E-state index in [0.29, 0.717) is 5.92 Å². The Morgan fingerprint density at radius 2 is 2.00 bits per heavy atom. The fourth-order valence-corrected chi connectivity index (χ4v) is 2.53. The Labute approximate surface area is 94.6 Å². The summed E-state index contributed by atoms with van der Waals surface area (Å²) in [7, 11) is 0. The molecule has 0 radical (unpaired) electrons. The molecule has 0 bridgehead atoms. The Balaban J connectivity index is 2.16. The predicted octanol–water partition coefficient (Wildman–Crippen LogP) is 4.06. The zero-order valence-corrected chi connectivity index (χ0v) is 10.3. The first-order chi connectivity index (χ1) is 7.16. The molecule has 1 rings (SSSR count). The van der Waals surface area contributed by atoms with Gasteiger partial charge in [0.15, 0.2) is 0 Å². The van der Waals surface area contributed by atoms with Crippen molar-refractivity contribution in [2.75, 3.05) is 0 Å². The van der Waals surface area contributed by atoms with E-state index in [0.717, 1.165) is 19.3 Å². The quantitative estimate of drug-likeness (QED) is 0.517. The molecule has 0 unspecified atom stereocenters. The predicted molar refractivity (Wildman–Crippen MR) is 65.9 cm³/mol. The van der Waals surface area contributed by atoms with E-state index in [1.54, 1.807) is 0 Å². The fourth-order valence-electron chi connectivity index (χ4n) is 2.53. The molecule has 0 saturated carbocycles. The van der Waals surface area contributed by atoms with Gasteiger partial charge in [0.1, 0.15) is 0 Å². The van der Waals surface area contributed by atoms with E-state index in [4.69, 9.17) is 0 Å². The average Bonchev–Trinajstić information content (AvgIpc) is 2.17. The summed E-state index contributed by atoms with van der Waals surface area (Å²) in [4.78, 5) is 0. The molecule has 2 atom stereocenters. The zero-order chi connectivity index (χ0) is 11.1. The third kappa shape index (κ3) is 4.83. The molecule has 0 saturated heterocycles. The number of rotatable bonds is 6. The minimum Gasteiger partial charge on any atom is -0.390 e. The summed E-state index contributed by atoms with van der Waals surface area (Å²) in [5.41, 5.74) is -0.389. The van der Waals surface area contributed by atoms with Gasteiger partial charge in [-0.25, -0.2) is 0 Å². The van der Waals surface area contributed by atoms with Crippen LogP contribution in [0, 0.1) is 5.92 Å². The number of unbranched alkanes of at least 4 members (excludes halogenated alkanes) is 4. The second-order valence-electron chi connectivity index (χ2n) is 5.20. The topological polar surface area (TPSA) is 20.2 Å². The molecule has 0 aromatic heterocycles. The molecule has 0 amide bonds. The van der Waals surface area contributed by atoms with Gasteiger partial charge in [0.2, 0.25) is 0 Å². The Bertz CT molecular complexity index is 198. The normalized spacial score (nSPS) is 30.7. The number of allylic oxidation sites excluding steroid dienone is 1. The minimum absolute atomic E-state index is 0.389. The van der Waals surface area contributed by atoms with Crippen LogP contribution < -0.4 is 0 Å². The highest BCUT2D eigenvalue weighted by molar-refractivity contribution is 5.01. The Morgan fingerprint density at radius 1 is 1.27 bits per heavy atom. The molecule has 0 aromatic carbocycles. The van der Waals surface area contributed by atoms with E-state index in [-0.39, 0.29) is 5.60 Å². The first kappa shape index (κ1) is 12.8. The van der Waals surface area contributed by atoms with Gasteiger partial charge in [0, 0.05) is 0 Å². The van der Waals surface area contributed by atoms with Crippen molar-refractivity contribution in [2.24, 2.45) is 5.92 Å². The lowest BCUT2D eigenvalue weighted by atomic mass is 9.80. The highest BCUT2D eigenvalue weighted by atomic mass is 16.3. The molecule has 1 aliphatic carbocycles. The summed E-state index contributed by atoms with van der Waals surface area (Å²) in [6.45, 7) is 4.43. The molecule has 0 fully saturated rings. The average molecular weight is 210 g/mol. The molecule has 0 aromatic rings. The molecule has 0 spiro atoms. The van der Waals surface area contributed by atoms with Crippen molar-refractivity contribution in [2.45, 2.75) is 70.8 Å². The molecule has 88 valence electrons. The van der Waals surface area contributed by atoms with Gasteiger partial charge >= 0.3 is 0 Å². The lowest BCUT2D eigenvalue weighted by Gasteiger charge is -2.32. The van der Waals surface area contributed by atoms with Gasteiger partial charge in [-0.2, -0.15) is 0 Å². The number of hydrogen-bond donors (Lipinski definition) is 1. The van der Waals surface area contributed by atoms with Gasteiger partial charge in [-0.05, 0) is 25.2 Å². The smallest absolute Gasteiger partial charge is 0.0687 e. The molecule has 0 heterocycles. The van der Waals surface area contributed by atoms with Crippen molar-refractivity contribution in [3.8, 4) is 0 Å². The van der Waals surface area contributed by atoms with Gasteiger partial charge in [-0.3, -0.25) is 0 Å². The summed E-state index contributed by atoms with van der Waals surface area (Å²) in [5, 5.41) is 10.3. The van der Waals surface area contributed by atoms with Crippen molar-refractivity contribution in [1.29, 1.82) is 0 Å². The lowest BCUT2D eigenvalue weighted by Crippen LogP contribution is -2.32. The molecular formula is C14H26O. The van der Waals surface area contributed by atoms with E-state index in [1.165, 1.54) is 32.1 Å². The number of aliphatic hydroxyl groups is 1. The first-order valence-electron chi connectivity index (χ1n) is 6.55. The van der Waals surface area contributed by atoms with Gasteiger partial charge in [0.25, 0.3) is 0 Å². The molecule has 15 heavy (non-hydrogen) atoms. The van der Waals surface area contributed by atoms with Crippen LogP contribution in [0.3, 0.4) is 0 Å². The van der Waals surface area contributed by atoms with Crippen molar-refractivity contribution < 1.29 is 5.11 Å². The summed E-state index contributed by atoms with van der Waals surface area (Å²) in [5.74, 6) is 0.555. The minimum atomic E-state index is -0.389. The first-order valence-corrected chi connectivity index (χ1v) is 6.55. The van der Waals surface area contributed by atoms with Crippen LogP contribution in [0.25, 0.3) is 0 Å². The van der Waals surface area contributed by atoms with Crippen LogP contribution in [0.4, 0.5) is 0 Å². The standard InChI is InChI=1S/C14H26O/c1-3-4-5-6-7-10-14(15)11-8-9-13(2)12-14/h8-9,13,15H,3-7,10-12H2,1-2H3/t13-,14-/m0/s1. The molecule has 1 aliphatic rings. The zero-order valence-electron chi connectivity index (χ0n) is 10.3. The molecule has 1 nitrogen and oxygen atoms in total. The van der Waals surface area contributed by atoms with E-state index in [9.17, 15) is 5.11 Å². The van der Waals surface area contributed by atoms with E-state index >= 15 is 0 Å². The molecule has 1 N–H and O–H groups in total. The van der Waals surface area contributed by atoms with Gasteiger partial charge in [-0.15, -0.1) is 0 Å². The Morgan fingerprint density at radius 3 is 2.67 bits per heavy atom. The van der Waals surface area contributed by atoms with Gasteiger partial charge in [0.05, 0.1) is 5.60 Å². The van der Waals surface area contributed by atoms with Crippen LogP contribution in [-0.4, -0.2) is 10.7 Å². The van der Waals surface area contributed by atoms with Crippen LogP contribution in [-0.2, 0) is 0 Å². The summed E-state index contributed by atoms with van der Waals surface area (Å²) < 4.78 is 0. The fraction of sp³-hybridized carbons (Fsp3) is 0.857. The van der Waals surface area contributed by atoms with Crippen LogP contribution in [0.2, 0.25) is 0 Å². The Hall–Kier alpha value is -0.300. The number of hydrogen-bond acceptors (Lipinski definition) is 1. The second-order valence-corrected chi connectivity index (χ2v) is 5.20. The largest absolute Gasteiger partial charge is 0.390 e. The maximum Gasteiger partial charge on any atom is 0.0687 e. The van der Waals surface area contributed by atoms with Crippen molar-refractivity contribution in [3.05, 3.63) is 12.2 Å². The van der Waals surface area contributed by atoms with Crippen LogP contribution in [0.5, 0.6) is 0 Å². The maximum atomic E-state index is 10.3.